The minimum absolute atomic E-state index is 0.0481. The van der Waals surface area contributed by atoms with Crippen molar-refractivity contribution in [2.24, 2.45) is 0 Å². The Balaban J connectivity index is 1.38. The van der Waals surface area contributed by atoms with Crippen LogP contribution in [-0.4, -0.2) is 29.9 Å². The molecule has 1 aliphatic rings. The summed E-state index contributed by atoms with van der Waals surface area (Å²) in [6, 6.07) is 19.5. The van der Waals surface area contributed by atoms with Crippen LogP contribution in [0.2, 0.25) is 0 Å². The number of non-ortho nitro benzene ring substituents is 1. The zero-order chi connectivity index (χ0) is 28.0. The molecule has 8 nitrogen and oxygen atoms in total. The van der Waals surface area contributed by atoms with E-state index in [1.54, 1.807) is 14.0 Å². The number of methoxy groups -OCH3 is 1. The average Bonchev–Trinajstić information content (AvgIpc) is 2.94. The molecule has 0 saturated heterocycles. The molecule has 39 heavy (non-hydrogen) atoms. The molecule has 3 aromatic rings. The number of carbonyl (C=O) groups excluding carboxylic acids is 2. The highest BCUT2D eigenvalue weighted by Crippen LogP contribution is 2.40. The van der Waals surface area contributed by atoms with Crippen LogP contribution in [-0.2, 0) is 16.6 Å². The molecular weight excluding hydrogens is 494 g/mol. The van der Waals surface area contributed by atoms with Gasteiger partial charge in [-0.25, -0.2) is 0 Å². The van der Waals surface area contributed by atoms with Gasteiger partial charge in [-0.1, -0.05) is 43.5 Å². The number of carbonyl (C=O) groups is 2. The van der Waals surface area contributed by atoms with Crippen molar-refractivity contribution in [1.29, 1.82) is 0 Å². The lowest BCUT2D eigenvalue weighted by Gasteiger charge is -2.37. The number of rotatable bonds is 9. The maximum absolute atomic E-state index is 13.6. The van der Waals surface area contributed by atoms with Crippen LogP contribution in [0, 0.1) is 17.0 Å². The van der Waals surface area contributed by atoms with E-state index in [2.05, 4.69) is 10.6 Å². The van der Waals surface area contributed by atoms with Gasteiger partial charge in [0.15, 0.2) is 0 Å². The van der Waals surface area contributed by atoms with Crippen molar-refractivity contribution in [3.05, 3.63) is 99.1 Å². The lowest BCUT2D eigenvalue weighted by atomic mass is 9.68. The summed E-state index contributed by atoms with van der Waals surface area (Å²) in [5, 5.41) is 17.1. The minimum Gasteiger partial charge on any atom is -0.497 e. The molecular formula is C31H35N3O5. The number of nitro benzene ring substituents is 1. The molecule has 0 spiro atoms. The number of amides is 2. The van der Waals surface area contributed by atoms with E-state index in [0.29, 0.717) is 23.2 Å². The summed E-state index contributed by atoms with van der Waals surface area (Å²) < 4.78 is 5.30. The van der Waals surface area contributed by atoms with E-state index in [1.165, 1.54) is 18.2 Å². The van der Waals surface area contributed by atoms with Gasteiger partial charge in [0.05, 0.1) is 17.4 Å². The van der Waals surface area contributed by atoms with E-state index in [0.717, 1.165) is 49.0 Å². The standard InChI is InChI=1S/C31H35N3O5/c1-21-19-26(34(37)38)13-16-28(21)29(35)33-25-11-7-23(8-12-25)20-22(2)32-30(36)31(17-5-4-6-18-31)24-9-14-27(39-3)15-10-24/h7-16,19,22H,4-6,17-18,20H2,1-3H3,(H,32,36)(H,33,35). The van der Waals surface area contributed by atoms with E-state index in [4.69, 9.17) is 4.74 Å². The summed E-state index contributed by atoms with van der Waals surface area (Å²) >= 11 is 0. The molecule has 0 aromatic heterocycles. The van der Waals surface area contributed by atoms with E-state index in [1.807, 2.05) is 55.5 Å². The normalized spacial score (nSPS) is 15.2. The predicted octanol–water partition coefficient (Wildman–Crippen LogP) is 6.11. The summed E-state index contributed by atoms with van der Waals surface area (Å²) in [6.07, 6.45) is 5.52. The number of benzene rings is 3. The van der Waals surface area contributed by atoms with Gasteiger partial charge in [0.1, 0.15) is 5.75 Å². The van der Waals surface area contributed by atoms with E-state index in [9.17, 15) is 19.7 Å². The fourth-order valence-corrected chi connectivity index (χ4v) is 5.42. The van der Waals surface area contributed by atoms with Crippen molar-refractivity contribution in [2.75, 3.05) is 12.4 Å². The summed E-state index contributed by atoms with van der Waals surface area (Å²) in [7, 11) is 1.64. The van der Waals surface area contributed by atoms with Gasteiger partial charge in [-0.2, -0.15) is 0 Å². The molecule has 1 saturated carbocycles. The maximum Gasteiger partial charge on any atom is 0.269 e. The molecule has 3 aromatic carbocycles. The van der Waals surface area contributed by atoms with Crippen molar-refractivity contribution in [3.8, 4) is 5.75 Å². The second-order valence-electron chi connectivity index (χ2n) is 10.4. The lowest BCUT2D eigenvalue weighted by Crippen LogP contribution is -2.49. The highest BCUT2D eigenvalue weighted by Gasteiger charge is 2.41. The number of ether oxygens (including phenoxy) is 1. The van der Waals surface area contributed by atoms with Crippen molar-refractivity contribution in [3.63, 3.8) is 0 Å². The Kier molecular flexibility index (Phi) is 8.64. The molecule has 2 amide bonds. The van der Waals surface area contributed by atoms with Crippen LogP contribution < -0.4 is 15.4 Å². The Hall–Kier alpha value is -4.20. The van der Waals surface area contributed by atoms with Gasteiger partial charge in [-0.05, 0) is 80.1 Å². The van der Waals surface area contributed by atoms with E-state index < -0.39 is 10.3 Å². The summed E-state index contributed by atoms with van der Waals surface area (Å²) in [6.45, 7) is 3.68. The SMILES string of the molecule is COc1ccc(C2(C(=O)NC(C)Cc3ccc(NC(=O)c4ccc([N+](=O)[O-])cc4C)cc3)CCCCC2)cc1. The molecule has 204 valence electrons. The zero-order valence-electron chi connectivity index (χ0n) is 22.7. The van der Waals surface area contributed by atoms with Crippen molar-refractivity contribution in [1.82, 2.24) is 5.32 Å². The second kappa shape index (κ2) is 12.1. The molecule has 8 heteroatoms. The van der Waals surface area contributed by atoms with Crippen molar-refractivity contribution in [2.45, 2.75) is 63.8 Å². The number of nitrogens with one attached hydrogen (secondary N) is 2. The smallest absolute Gasteiger partial charge is 0.269 e. The fraction of sp³-hybridized carbons (Fsp3) is 0.355. The summed E-state index contributed by atoms with van der Waals surface area (Å²) in [4.78, 5) is 36.8. The van der Waals surface area contributed by atoms with Crippen molar-refractivity contribution >= 4 is 23.2 Å². The molecule has 1 unspecified atom stereocenters. The molecule has 4 rings (SSSR count). The minimum atomic E-state index is -0.525. The summed E-state index contributed by atoms with van der Waals surface area (Å²) in [5.41, 5.74) is 3.04. The maximum atomic E-state index is 13.6. The number of anilines is 1. The molecule has 1 fully saturated rings. The van der Waals surface area contributed by atoms with Crippen LogP contribution in [0.1, 0.15) is 66.1 Å². The van der Waals surface area contributed by atoms with Gasteiger partial charge in [0.2, 0.25) is 5.91 Å². The van der Waals surface area contributed by atoms with Gasteiger partial charge in [-0.3, -0.25) is 19.7 Å². The Morgan fingerprint density at radius 2 is 1.67 bits per heavy atom. The fourth-order valence-electron chi connectivity index (χ4n) is 5.42. The topological polar surface area (TPSA) is 111 Å². The first-order valence-corrected chi connectivity index (χ1v) is 13.3. The first-order chi connectivity index (χ1) is 18.7. The average molecular weight is 530 g/mol. The van der Waals surface area contributed by atoms with Gasteiger partial charge < -0.3 is 15.4 Å². The zero-order valence-corrected chi connectivity index (χ0v) is 22.7. The number of aryl methyl sites for hydroxylation is 1. The largest absolute Gasteiger partial charge is 0.497 e. The van der Waals surface area contributed by atoms with Gasteiger partial charge in [-0.15, -0.1) is 0 Å². The van der Waals surface area contributed by atoms with Crippen LogP contribution in [0.4, 0.5) is 11.4 Å². The third kappa shape index (κ3) is 6.45. The van der Waals surface area contributed by atoms with Crippen molar-refractivity contribution < 1.29 is 19.2 Å². The number of nitrogens with zero attached hydrogens (tertiary/aromatic N) is 1. The number of nitro groups is 1. The Bertz CT molecular complexity index is 1330. The molecule has 0 bridgehead atoms. The molecule has 1 atom stereocenters. The van der Waals surface area contributed by atoms with E-state index in [-0.39, 0.29) is 23.5 Å². The first kappa shape index (κ1) is 27.8. The van der Waals surface area contributed by atoms with E-state index >= 15 is 0 Å². The molecule has 2 N–H and O–H groups in total. The highest BCUT2D eigenvalue weighted by molar-refractivity contribution is 6.05. The van der Waals surface area contributed by atoms with Crippen LogP contribution in [0.3, 0.4) is 0 Å². The van der Waals surface area contributed by atoms with Crippen LogP contribution in [0.5, 0.6) is 5.75 Å². The number of hydrogen-bond acceptors (Lipinski definition) is 5. The van der Waals surface area contributed by atoms with Crippen LogP contribution >= 0.6 is 0 Å². The molecule has 0 aliphatic heterocycles. The van der Waals surface area contributed by atoms with Gasteiger partial charge in [0.25, 0.3) is 11.6 Å². The third-order valence-electron chi connectivity index (χ3n) is 7.58. The Labute approximate surface area is 228 Å². The van der Waals surface area contributed by atoms with Gasteiger partial charge >= 0.3 is 0 Å². The first-order valence-electron chi connectivity index (χ1n) is 13.3. The highest BCUT2D eigenvalue weighted by atomic mass is 16.6. The molecule has 0 radical (unpaired) electrons. The Morgan fingerprint density at radius 1 is 1.00 bits per heavy atom. The van der Waals surface area contributed by atoms with Gasteiger partial charge in [0, 0.05) is 29.4 Å². The molecule has 1 aliphatic carbocycles. The van der Waals surface area contributed by atoms with Crippen LogP contribution in [0.25, 0.3) is 0 Å². The monoisotopic (exact) mass is 529 g/mol. The Morgan fingerprint density at radius 3 is 2.26 bits per heavy atom. The van der Waals surface area contributed by atoms with Crippen LogP contribution in [0.15, 0.2) is 66.7 Å². The number of hydrogen-bond donors (Lipinski definition) is 2. The lowest BCUT2D eigenvalue weighted by molar-refractivity contribution is -0.384. The molecule has 0 heterocycles. The quantitative estimate of drug-likeness (QED) is 0.257. The predicted molar refractivity (Wildman–Crippen MR) is 151 cm³/mol. The second-order valence-corrected chi connectivity index (χ2v) is 10.4. The third-order valence-corrected chi connectivity index (χ3v) is 7.58. The summed E-state index contributed by atoms with van der Waals surface area (Å²) in [5.74, 6) is 0.523.